The Bertz CT molecular complexity index is 2520. The Morgan fingerprint density at radius 1 is 0.772 bits per heavy atom. The standard InChI is InChI=1S/C56H79N9O14/c1-4-5-6-7-8-9-24-79-41-20-16-36(17-21-41)35-12-14-37(15-13-35)50(72)60-42-26-38(58-23-22-57)28-59-54(76)48-49(71)32(2)29-65(48)55(77)43(31-66)61-53(75)47(45(70)25-34-10-18-39(68)19-11-34)63-52(74)44-27-40(69)30-64(44)56(78)46(33(3)67)62-51(42)73/h10-21,32-33,38,40,42-49,58,66-71H,4-9,22-31,57H2,1-3H3,(H,59,76)(H,60,72)(H,61,75)(H,62,73)(H,63,74)/t32-,33+,38?,40+,42-,43?,44?,45+,46-,47?,48?,49-/m0/s1. The molecule has 432 valence electrons. The minimum Gasteiger partial charge on any atom is -0.508 e. The van der Waals surface area contributed by atoms with Crippen molar-refractivity contribution in [2.24, 2.45) is 11.7 Å². The predicted molar refractivity (Wildman–Crippen MR) is 290 cm³/mol. The van der Waals surface area contributed by atoms with E-state index in [4.69, 9.17) is 10.5 Å². The molecule has 0 bridgehead atoms. The van der Waals surface area contributed by atoms with Gasteiger partial charge in [0, 0.05) is 63.1 Å². The summed E-state index contributed by atoms with van der Waals surface area (Å²) in [4.78, 5) is 102. The summed E-state index contributed by atoms with van der Waals surface area (Å²) in [6.07, 6.45) is -0.254. The lowest BCUT2D eigenvalue weighted by atomic mass is 10.00. The second kappa shape index (κ2) is 29.5. The monoisotopic (exact) mass is 1100 g/mol. The van der Waals surface area contributed by atoms with Gasteiger partial charge in [-0.05, 0) is 72.9 Å². The number of nitrogens with one attached hydrogen (secondary N) is 6. The Kier molecular flexibility index (Phi) is 22.9. The number of rotatable bonds is 19. The Balaban J connectivity index is 1.30. The molecule has 3 saturated heterocycles. The summed E-state index contributed by atoms with van der Waals surface area (Å²) in [5.41, 5.74) is 8.06. The lowest BCUT2D eigenvalue weighted by Gasteiger charge is -2.32. The number of amides is 7. The zero-order chi connectivity index (χ0) is 57.3. The fourth-order valence-corrected chi connectivity index (χ4v) is 10.1. The zero-order valence-electron chi connectivity index (χ0n) is 45.1. The van der Waals surface area contributed by atoms with Crippen LogP contribution < -0.4 is 42.4 Å². The van der Waals surface area contributed by atoms with Gasteiger partial charge in [0.15, 0.2) is 0 Å². The van der Waals surface area contributed by atoms with Gasteiger partial charge in [0.25, 0.3) is 5.91 Å². The van der Waals surface area contributed by atoms with Crippen LogP contribution in [-0.4, -0.2) is 194 Å². The Morgan fingerprint density at radius 2 is 1.42 bits per heavy atom. The molecule has 3 aromatic carbocycles. The molecule has 3 fully saturated rings. The molecule has 0 spiro atoms. The number of aromatic hydroxyl groups is 1. The van der Waals surface area contributed by atoms with Gasteiger partial charge in [0.05, 0.1) is 37.6 Å². The van der Waals surface area contributed by atoms with Crippen molar-refractivity contribution in [2.75, 3.05) is 45.9 Å². The average Bonchev–Trinajstić information content (AvgIpc) is 4.03. The predicted octanol–water partition coefficient (Wildman–Crippen LogP) is -1.07. The summed E-state index contributed by atoms with van der Waals surface area (Å²) in [5.74, 6) is -6.84. The van der Waals surface area contributed by atoms with Gasteiger partial charge in [0.1, 0.15) is 47.8 Å². The molecule has 3 aliphatic heterocycles. The molecule has 3 aromatic rings. The maximum Gasteiger partial charge on any atom is 0.251 e. The van der Waals surface area contributed by atoms with Crippen LogP contribution in [0.3, 0.4) is 0 Å². The van der Waals surface area contributed by atoms with Gasteiger partial charge in [-0.15, -0.1) is 0 Å². The molecule has 23 nitrogen and oxygen atoms in total. The molecule has 12 atom stereocenters. The number of hydrogen-bond acceptors (Lipinski definition) is 16. The van der Waals surface area contributed by atoms with Gasteiger partial charge in [-0.3, -0.25) is 33.6 Å². The molecule has 0 radical (unpaired) electrons. The fraction of sp³-hybridized carbons (Fsp3) is 0.554. The summed E-state index contributed by atoms with van der Waals surface area (Å²) in [6, 6.07) is 8.73. The molecule has 3 aliphatic rings. The minimum absolute atomic E-state index is 0.0914. The topological polar surface area (TPSA) is 355 Å². The van der Waals surface area contributed by atoms with E-state index in [2.05, 4.69) is 38.8 Å². The van der Waals surface area contributed by atoms with Crippen molar-refractivity contribution in [2.45, 2.75) is 145 Å². The first kappa shape index (κ1) is 61.5. The average molecular weight is 1100 g/mol. The second-order valence-corrected chi connectivity index (χ2v) is 20.9. The van der Waals surface area contributed by atoms with E-state index < -0.39 is 127 Å². The van der Waals surface area contributed by atoms with Crippen molar-refractivity contribution in [1.82, 2.24) is 41.7 Å². The fourth-order valence-electron chi connectivity index (χ4n) is 10.1. The molecule has 0 saturated carbocycles. The highest BCUT2D eigenvalue weighted by molar-refractivity contribution is 6.00. The third-order valence-electron chi connectivity index (χ3n) is 14.7. The van der Waals surface area contributed by atoms with E-state index in [-0.39, 0.29) is 56.8 Å². The lowest BCUT2D eigenvalue weighted by Crippen LogP contribution is -2.63. The van der Waals surface area contributed by atoms with Crippen LogP contribution in [0.25, 0.3) is 11.1 Å². The molecule has 0 aromatic heterocycles. The molecule has 6 rings (SSSR count). The second-order valence-electron chi connectivity index (χ2n) is 20.9. The van der Waals surface area contributed by atoms with Crippen molar-refractivity contribution in [1.29, 1.82) is 0 Å². The van der Waals surface area contributed by atoms with Crippen LogP contribution >= 0.6 is 0 Å². The lowest BCUT2D eigenvalue weighted by molar-refractivity contribution is -0.146. The Labute approximate surface area is 460 Å². The number of carbonyl (C=O) groups is 7. The normalized spacial score (nSPS) is 26.4. The van der Waals surface area contributed by atoms with Crippen LogP contribution in [0.4, 0.5) is 0 Å². The SMILES string of the molecule is CCCCCCCCOc1ccc(-c2ccc(C(=O)N[C@H]3CC(NCCN)CNC(=O)C4[C@@H](O)[C@@H](C)CN4C(=O)C(CO)NC(=O)C([C@H](O)Cc4ccc(O)cc4)NC(=O)C4C[C@@H](O)CN4C(=O)[C@H]([C@@H](C)O)NC3=O)cc2)cc1. The van der Waals surface area contributed by atoms with Crippen LogP contribution in [-0.2, 0) is 35.2 Å². The number of aliphatic hydroxyl groups is 5. The molecule has 23 heteroatoms. The van der Waals surface area contributed by atoms with Crippen molar-refractivity contribution in [3.8, 4) is 22.6 Å². The smallest absolute Gasteiger partial charge is 0.251 e. The van der Waals surface area contributed by atoms with E-state index in [0.29, 0.717) is 12.2 Å². The summed E-state index contributed by atoms with van der Waals surface area (Å²) in [7, 11) is 0. The summed E-state index contributed by atoms with van der Waals surface area (Å²) >= 11 is 0. The maximum absolute atomic E-state index is 14.6. The van der Waals surface area contributed by atoms with Crippen LogP contribution in [0.15, 0.2) is 72.8 Å². The number of benzene rings is 3. The molecule has 7 amide bonds. The van der Waals surface area contributed by atoms with Crippen molar-refractivity contribution in [3.63, 3.8) is 0 Å². The number of aliphatic hydroxyl groups excluding tert-OH is 5. The number of nitrogens with zero attached hydrogens (tertiary/aromatic N) is 2. The van der Waals surface area contributed by atoms with Gasteiger partial charge in [0.2, 0.25) is 35.4 Å². The van der Waals surface area contributed by atoms with Gasteiger partial charge in [-0.1, -0.05) is 82.3 Å². The van der Waals surface area contributed by atoms with Gasteiger partial charge in [-0.25, -0.2) is 0 Å². The quantitative estimate of drug-likeness (QED) is 0.0636. The highest BCUT2D eigenvalue weighted by atomic mass is 16.5. The van der Waals surface area contributed by atoms with Crippen LogP contribution in [0.2, 0.25) is 0 Å². The van der Waals surface area contributed by atoms with Crippen molar-refractivity contribution in [3.05, 3.63) is 83.9 Å². The highest BCUT2D eigenvalue weighted by Crippen LogP contribution is 2.27. The van der Waals surface area contributed by atoms with E-state index in [1.54, 1.807) is 31.2 Å². The Morgan fingerprint density at radius 3 is 2.06 bits per heavy atom. The number of ether oxygens (including phenoxy) is 1. The largest absolute Gasteiger partial charge is 0.508 e. The number of phenols is 1. The number of unbranched alkanes of at least 4 members (excludes halogenated alkanes) is 5. The van der Waals surface area contributed by atoms with E-state index in [9.17, 15) is 64.2 Å². The van der Waals surface area contributed by atoms with Crippen molar-refractivity contribution < 1.29 is 68.9 Å². The molecule has 0 aliphatic carbocycles. The summed E-state index contributed by atoms with van der Waals surface area (Å²) < 4.78 is 5.94. The number of carbonyl (C=O) groups excluding carboxylic acids is 7. The maximum atomic E-state index is 14.6. The summed E-state index contributed by atoms with van der Waals surface area (Å²) in [6.45, 7) is 3.85. The number of phenolic OH excluding ortho intramolecular Hbond substituents is 1. The molecule has 14 N–H and O–H groups in total. The number of nitrogens with two attached hydrogens (primary N) is 1. The van der Waals surface area contributed by atoms with Crippen molar-refractivity contribution >= 4 is 41.4 Å². The number of hydrogen-bond donors (Lipinski definition) is 13. The van der Waals surface area contributed by atoms with Gasteiger partial charge in [-0.2, -0.15) is 0 Å². The summed E-state index contributed by atoms with van der Waals surface area (Å²) in [5, 5.41) is 81.4. The van der Waals surface area contributed by atoms with Gasteiger partial charge >= 0.3 is 0 Å². The van der Waals surface area contributed by atoms with E-state index in [1.165, 1.54) is 56.9 Å². The van der Waals surface area contributed by atoms with Crippen LogP contribution in [0.1, 0.15) is 88.1 Å². The molecular weight excluding hydrogens is 1020 g/mol. The van der Waals surface area contributed by atoms with E-state index in [0.717, 1.165) is 39.5 Å². The zero-order valence-corrected chi connectivity index (χ0v) is 45.1. The Hall–Kier alpha value is -6.73. The molecular formula is C56H79N9O14. The third-order valence-corrected chi connectivity index (χ3v) is 14.7. The minimum atomic E-state index is -1.91. The molecule has 3 heterocycles. The third kappa shape index (κ3) is 16.7. The first-order chi connectivity index (χ1) is 37.8. The highest BCUT2D eigenvalue weighted by Gasteiger charge is 2.48. The van der Waals surface area contributed by atoms with Crippen LogP contribution in [0, 0.1) is 5.92 Å². The van der Waals surface area contributed by atoms with E-state index in [1.807, 2.05) is 24.3 Å². The van der Waals surface area contributed by atoms with Gasteiger partial charge < -0.3 is 82.8 Å². The van der Waals surface area contributed by atoms with E-state index >= 15 is 0 Å². The van der Waals surface area contributed by atoms with Crippen LogP contribution in [0.5, 0.6) is 11.5 Å². The molecule has 79 heavy (non-hydrogen) atoms. The first-order valence-corrected chi connectivity index (χ1v) is 27.3. The first-order valence-electron chi connectivity index (χ1n) is 27.3. The number of fused-ring (bicyclic) bond motifs is 2. The molecule has 5 unspecified atom stereocenters.